The first kappa shape index (κ1) is 17.5. The second-order valence-electron chi connectivity index (χ2n) is 5.68. The lowest BCUT2D eigenvalue weighted by atomic mass is 10.0. The highest BCUT2D eigenvalue weighted by Crippen LogP contribution is 2.38. The van der Waals surface area contributed by atoms with E-state index in [1.165, 1.54) is 0 Å². The Morgan fingerprint density at radius 2 is 1.69 bits per heavy atom. The number of hydrogen-bond donors (Lipinski definition) is 2. The summed E-state index contributed by atoms with van der Waals surface area (Å²) in [7, 11) is 4.74. The summed E-state index contributed by atoms with van der Waals surface area (Å²) in [4.78, 5) is 12.9. The van der Waals surface area contributed by atoms with Crippen LogP contribution < -0.4 is 25.7 Å². The van der Waals surface area contributed by atoms with E-state index in [-0.39, 0.29) is 5.95 Å². The lowest BCUT2D eigenvalue weighted by Crippen LogP contribution is -2.14. The second kappa shape index (κ2) is 7.30. The molecule has 0 amide bonds. The van der Waals surface area contributed by atoms with Gasteiger partial charge >= 0.3 is 0 Å². The molecule has 0 bridgehead atoms. The third kappa shape index (κ3) is 3.39. The van der Waals surface area contributed by atoms with Crippen molar-refractivity contribution >= 4 is 23.6 Å². The van der Waals surface area contributed by atoms with E-state index < -0.39 is 0 Å². The quantitative estimate of drug-likeness (QED) is 0.840. The molecule has 0 saturated heterocycles. The van der Waals surface area contributed by atoms with Crippen molar-refractivity contribution < 1.29 is 14.2 Å². The van der Waals surface area contributed by atoms with E-state index in [2.05, 4.69) is 15.0 Å². The van der Waals surface area contributed by atoms with E-state index in [0.717, 1.165) is 22.5 Å². The zero-order chi connectivity index (χ0) is 18.7. The van der Waals surface area contributed by atoms with Gasteiger partial charge in [0, 0.05) is 17.7 Å². The Hall–Kier alpha value is -3.29. The van der Waals surface area contributed by atoms with Crippen molar-refractivity contribution in [3.63, 3.8) is 0 Å². The monoisotopic (exact) mass is 355 g/mol. The number of benzene rings is 1. The largest absolute Gasteiger partial charge is 0.493 e. The minimum absolute atomic E-state index is 0.170. The predicted molar refractivity (Wildman–Crippen MR) is 101 cm³/mol. The number of nitrogens with zero attached hydrogens (tertiary/aromatic N) is 3. The number of allylic oxidation sites excluding steroid dienone is 1. The van der Waals surface area contributed by atoms with Crippen LogP contribution in [0.4, 0.5) is 11.8 Å². The molecule has 1 aliphatic carbocycles. The highest BCUT2D eigenvalue weighted by Gasteiger charge is 2.16. The van der Waals surface area contributed by atoms with Gasteiger partial charge < -0.3 is 25.7 Å². The van der Waals surface area contributed by atoms with Crippen LogP contribution in [0.2, 0.25) is 0 Å². The molecule has 0 atom stereocenters. The van der Waals surface area contributed by atoms with Gasteiger partial charge in [0.25, 0.3) is 0 Å². The number of hydrogen-bond acceptors (Lipinski definition) is 8. The van der Waals surface area contributed by atoms with Crippen molar-refractivity contribution in [2.75, 3.05) is 32.8 Å². The number of aromatic nitrogens is 2. The molecule has 1 aliphatic rings. The Kier molecular flexibility index (Phi) is 4.92. The van der Waals surface area contributed by atoms with Gasteiger partial charge in [0.05, 0.1) is 33.6 Å². The van der Waals surface area contributed by atoms with Crippen molar-refractivity contribution in [2.45, 2.75) is 13.0 Å². The molecule has 0 spiro atoms. The number of fused-ring (bicyclic) bond motifs is 1. The predicted octanol–water partition coefficient (Wildman–Crippen LogP) is 1.88. The Labute approximate surface area is 151 Å². The van der Waals surface area contributed by atoms with Gasteiger partial charge in [-0.25, -0.2) is 4.98 Å². The van der Waals surface area contributed by atoms with Crippen LogP contribution in [0.25, 0.3) is 6.08 Å². The first-order chi connectivity index (χ1) is 12.5. The fourth-order valence-corrected chi connectivity index (χ4v) is 2.80. The number of methoxy groups -OCH3 is 3. The van der Waals surface area contributed by atoms with E-state index >= 15 is 0 Å². The van der Waals surface area contributed by atoms with E-state index in [1.807, 2.05) is 24.3 Å². The van der Waals surface area contributed by atoms with Crippen molar-refractivity contribution in [3.8, 4) is 17.2 Å². The summed E-state index contributed by atoms with van der Waals surface area (Å²) in [6, 6.07) is 3.76. The maximum absolute atomic E-state index is 5.95. The first-order valence-corrected chi connectivity index (χ1v) is 7.97. The highest BCUT2D eigenvalue weighted by atomic mass is 16.5. The lowest BCUT2D eigenvalue weighted by molar-refractivity contribution is 0.324. The summed E-state index contributed by atoms with van der Waals surface area (Å²) in [5, 5.41) is 0. The Morgan fingerprint density at radius 1 is 1.00 bits per heavy atom. The molecule has 2 aromatic rings. The van der Waals surface area contributed by atoms with E-state index in [9.17, 15) is 0 Å². The molecule has 3 rings (SSSR count). The fourth-order valence-electron chi connectivity index (χ4n) is 2.80. The second-order valence-corrected chi connectivity index (χ2v) is 5.68. The van der Waals surface area contributed by atoms with Gasteiger partial charge in [0.1, 0.15) is 5.82 Å². The van der Waals surface area contributed by atoms with Gasteiger partial charge in [0.15, 0.2) is 11.5 Å². The molecule has 1 heterocycles. The van der Waals surface area contributed by atoms with Gasteiger partial charge in [-0.2, -0.15) is 4.98 Å². The van der Waals surface area contributed by atoms with Crippen LogP contribution in [-0.2, 0) is 13.0 Å². The SMILES string of the molecule is COc1cc(CN=C2C=Cc3nc(N)nc(N)c3C2)cc(OC)c1OC. The zero-order valence-electron chi connectivity index (χ0n) is 14.9. The van der Waals surface area contributed by atoms with Crippen LogP contribution in [0.5, 0.6) is 17.2 Å². The Morgan fingerprint density at radius 3 is 2.31 bits per heavy atom. The minimum atomic E-state index is 0.170. The Bertz CT molecular complexity index is 868. The molecule has 26 heavy (non-hydrogen) atoms. The molecule has 4 N–H and O–H groups in total. The normalized spacial score (nSPS) is 14.2. The molecule has 0 aliphatic heterocycles. The molecular weight excluding hydrogens is 334 g/mol. The van der Waals surface area contributed by atoms with Crippen molar-refractivity contribution in [2.24, 2.45) is 4.99 Å². The number of ether oxygens (including phenoxy) is 3. The average molecular weight is 355 g/mol. The topological polar surface area (TPSA) is 118 Å². The van der Waals surface area contributed by atoms with Crippen LogP contribution in [0.1, 0.15) is 16.8 Å². The first-order valence-electron chi connectivity index (χ1n) is 7.97. The Balaban J connectivity index is 1.85. The molecule has 8 heteroatoms. The van der Waals surface area contributed by atoms with E-state index in [0.29, 0.717) is 36.0 Å². The third-order valence-electron chi connectivity index (χ3n) is 4.07. The lowest BCUT2D eigenvalue weighted by Gasteiger charge is -2.15. The van der Waals surface area contributed by atoms with Gasteiger partial charge in [-0.1, -0.05) is 0 Å². The van der Waals surface area contributed by atoms with Crippen molar-refractivity contribution in [1.29, 1.82) is 0 Å². The summed E-state index contributed by atoms with van der Waals surface area (Å²) in [6.07, 6.45) is 4.32. The number of rotatable bonds is 5. The van der Waals surface area contributed by atoms with Gasteiger partial charge in [-0.15, -0.1) is 0 Å². The summed E-state index contributed by atoms with van der Waals surface area (Å²) >= 11 is 0. The highest BCUT2D eigenvalue weighted by molar-refractivity contribution is 6.03. The summed E-state index contributed by atoms with van der Waals surface area (Å²) in [5.41, 5.74) is 15.0. The van der Waals surface area contributed by atoms with Crippen LogP contribution in [0.15, 0.2) is 23.2 Å². The van der Waals surface area contributed by atoms with Crippen LogP contribution in [-0.4, -0.2) is 37.0 Å². The number of aliphatic imine (C=N–C) groups is 1. The molecule has 1 aromatic carbocycles. The van der Waals surface area contributed by atoms with Gasteiger partial charge in [-0.05, 0) is 29.8 Å². The van der Waals surface area contributed by atoms with Crippen LogP contribution in [0, 0.1) is 0 Å². The number of anilines is 2. The van der Waals surface area contributed by atoms with Gasteiger partial charge in [0.2, 0.25) is 11.7 Å². The molecule has 0 saturated carbocycles. The molecule has 0 fully saturated rings. The summed E-state index contributed by atoms with van der Waals surface area (Å²) < 4.78 is 16.1. The molecule has 8 nitrogen and oxygen atoms in total. The van der Waals surface area contributed by atoms with Crippen molar-refractivity contribution in [3.05, 3.63) is 35.0 Å². The minimum Gasteiger partial charge on any atom is -0.493 e. The van der Waals surface area contributed by atoms with Gasteiger partial charge in [-0.3, -0.25) is 4.99 Å². The number of nitrogen functional groups attached to an aromatic ring is 2. The fraction of sp³-hybridized carbons (Fsp3) is 0.278. The molecular formula is C18H21N5O3. The van der Waals surface area contributed by atoms with Crippen molar-refractivity contribution in [1.82, 2.24) is 9.97 Å². The maximum atomic E-state index is 5.95. The van der Waals surface area contributed by atoms with Crippen LogP contribution in [0.3, 0.4) is 0 Å². The average Bonchev–Trinajstić information content (AvgIpc) is 2.65. The number of nitrogens with two attached hydrogens (primary N) is 2. The third-order valence-corrected chi connectivity index (χ3v) is 4.07. The molecule has 136 valence electrons. The smallest absolute Gasteiger partial charge is 0.222 e. The summed E-state index contributed by atoms with van der Waals surface area (Å²) in [6.45, 7) is 0.460. The standard InChI is InChI=1S/C18H21N5O3/c1-24-14-6-10(7-15(25-2)16(14)26-3)9-21-11-4-5-13-12(8-11)17(19)23-18(20)22-13/h4-7H,8-9H2,1-3H3,(H4,19,20,22,23). The molecule has 0 radical (unpaired) electrons. The summed E-state index contributed by atoms with van der Waals surface area (Å²) in [5.74, 6) is 2.31. The molecule has 1 aromatic heterocycles. The van der Waals surface area contributed by atoms with E-state index in [4.69, 9.17) is 25.7 Å². The molecule has 0 unspecified atom stereocenters. The zero-order valence-corrected chi connectivity index (χ0v) is 14.9. The van der Waals surface area contributed by atoms with E-state index in [1.54, 1.807) is 21.3 Å². The maximum Gasteiger partial charge on any atom is 0.222 e. The van der Waals surface area contributed by atoms with Crippen LogP contribution >= 0.6 is 0 Å².